The Balaban J connectivity index is 2.30. The van der Waals surface area contributed by atoms with Crippen molar-refractivity contribution in [1.82, 2.24) is 5.32 Å². The molecule has 1 unspecified atom stereocenters. The molecule has 21 heavy (non-hydrogen) atoms. The van der Waals surface area contributed by atoms with E-state index in [0.717, 1.165) is 16.6 Å². The van der Waals surface area contributed by atoms with Crippen LogP contribution < -0.4 is 5.32 Å². The summed E-state index contributed by atoms with van der Waals surface area (Å²) in [5, 5.41) is 3.47. The summed E-state index contributed by atoms with van der Waals surface area (Å²) in [5.74, 6) is -0.158. The van der Waals surface area contributed by atoms with E-state index < -0.39 is 0 Å². The maximum Gasteiger partial charge on any atom is 0.127 e. The van der Waals surface area contributed by atoms with Crippen LogP contribution in [0.5, 0.6) is 0 Å². The zero-order valence-corrected chi connectivity index (χ0v) is 14.6. The van der Waals surface area contributed by atoms with Crippen molar-refractivity contribution >= 4 is 27.7 Å². The number of benzene rings is 2. The van der Waals surface area contributed by atoms with Crippen LogP contribution in [0, 0.1) is 5.82 Å². The minimum absolute atomic E-state index is 0.120. The van der Waals surface area contributed by atoms with E-state index in [-0.39, 0.29) is 11.9 Å². The van der Waals surface area contributed by atoms with Crippen molar-refractivity contribution in [2.24, 2.45) is 0 Å². The van der Waals surface area contributed by atoms with Gasteiger partial charge >= 0.3 is 0 Å². The van der Waals surface area contributed by atoms with E-state index in [1.54, 1.807) is 11.8 Å². The average molecular weight is 368 g/mol. The van der Waals surface area contributed by atoms with E-state index in [0.29, 0.717) is 6.42 Å². The SMILES string of the molecule is CCNC(Cc1ccc(Br)cc1F)c1ccccc1SC. The fraction of sp³-hybridized carbons (Fsp3) is 0.294. The van der Waals surface area contributed by atoms with Gasteiger partial charge in [-0.2, -0.15) is 0 Å². The minimum Gasteiger partial charge on any atom is -0.310 e. The third-order valence-corrected chi connectivity index (χ3v) is 4.71. The van der Waals surface area contributed by atoms with Crippen molar-refractivity contribution in [3.05, 3.63) is 63.9 Å². The molecule has 0 saturated carbocycles. The lowest BCUT2D eigenvalue weighted by Gasteiger charge is -2.21. The van der Waals surface area contributed by atoms with Gasteiger partial charge in [-0.3, -0.25) is 0 Å². The maximum atomic E-state index is 14.1. The van der Waals surface area contributed by atoms with Gasteiger partial charge in [-0.25, -0.2) is 4.39 Å². The van der Waals surface area contributed by atoms with Crippen LogP contribution in [0.25, 0.3) is 0 Å². The van der Waals surface area contributed by atoms with Gasteiger partial charge in [0.1, 0.15) is 5.82 Å². The first-order valence-electron chi connectivity index (χ1n) is 6.96. The Hall–Kier alpha value is -0.840. The molecule has 1 atom stereocenters. The van der Waals surface area contributed by atoms with Crippen LogP contribution in [0.2, 0.25) is 0 Å². The molecular weight excluding hydrogens is 349 g/mol. The fourth-order valence-electron chi connectivity index (χ4n) is 2.40. The van der Waals surface area contributed by atoms with Crippen LogP contribution in [0.1, 0.15) is 24.1 Å². The largest absolute Gasteiger partial charge is 0.310 e. The molecule has 0 radical (unpaired) electrons. The van der Waals surface area contributed by atoms with Gasteiger partial charge in [-0.15, -0.1) is 11.8 Å². The Bertz CT molecular complexity index is 603. The van der Waals surface area contributed by atoms with Crippen molar-refractivity contribution < 1.29 is 4.39 Å². The molecule has 4 heteroatoms. The summed E-state index contributed by atoms with van der Waals surface area (Å²) in [6.07, 6.45) is 2.71. The van der Waals surface area contributed by atoms with Gasteiger partial charge in [0.25, 0.3) is 0 Å². The number of rotatable bonds is 6. The van der Waals surface area contributed by atoms with Crippen molar-refractivity contribution in [2.45, 2.75) is 24.3 Å². The van der Waals surface area contributed by atoms with Crippen LogP contribution in [0.15, 0.2) is 51.8 Å². The maximum absolute atomic E-state index is 14.1. The first kappa shape index (κ1) is 16.5. The number of hydrogen-bond acceptors (Lipinski definition) is 2. The van der Waals surface area contributed by atoms with Gasteiger partial charge in [-0.1, -0.05) is 47.1 Å². The summed E-state index contributed by atoms with van der Waals surface area (Å²) in [5.41, 5.74) is 1.97. The predicted molar refractivity (Wildman–Crippen MR) is 92.4 cm³/mol. The Kier molecular flexibility index (Phi) is 6.27. The number of thioether (sulfide) groups is 1. The average Bonchev–Trinajstić information content (AvgIpc) is 2.49. The van der Waals surface area contributed by atoms with E-state index >= 15 is 0 Å². The van der Waals surface area contributed by atoms with Crippen molar-refractivity contribution in [3.8, 4) is 0 Å². The molecule has 0 amide bonds. The molecule has 0 heterocycles. The lowest BCUT2D eigenvalue weighted by Crippen LogP contribution is -2.24. The molecule has 2 aromatic carbocycles. The van der Waals surface area contributed by atoms with Gasteiger partial charge < -0.3 is 5.32 Å². The van der Waals surface area contributed by atoms with Crippen LogP contribution >= 0.6 is 27.7 Å². The quantitative estimate of drug-likeness (QED) is 0.703. The minimum atomic E-state index is -0.158. The molecule has 112 valence electrons. The summed E-state index contributed by atoms with van der Waals surface area (Å²) < 4.78 is 14.9. The van der Waals surface area contributed by atoms with E-state index in [1.165, 1.54) is 16.5 Å². The normalized spacial score (nSPS) is 12.4. The topological polar surface area (TPSA) is 12.0 Å². The monoisotopic (exact) mass is 367 g/mol. The van der Waals surface area contributed by atoms with Gasteiger partial charge in [0, 0.05) is 15.4 Å². The van der Waals surface area contributed by atoms with E-state index in [1.807, 2.05) is 24.3 Å². The summed E-state index contributed by atoms with van der Waals surface area (Å²) >= 11 is 5.03. The van der Waals surface area contributed by atoms with E-state index in [4.69, 9.17) is 0 Å². The molecular formula is C17H19BrFNS. The predicted octanol–water partition coefficient (Wildman–Crippen LogP) is 5.20. The van der Waals surface area contributed by atoms with Crippen LogP contribution in [-0.2, 0) is 6.42 Å². The smallest absolute Gasteiger partial charge is 0.127 e. The van der Waals surface area contributed by atoms with Crippen molar-refractivity contribution in [1.29, 1.82) is 0 Å². The molecule has 2 aromatic rings. The van der Waals surface area contributed by atoms with Crippen LogP contribution in [0.3, 0.4) is 0 Å². The second-order valence-electron chi connectivity index (χ2n) is 4.79. The second kappa shape index (κ2) is 7.97. The van der Waals surface area contributed by atoms with Gasteiger partial charge in [0.05, 0.1) is 0 Å². The zero-order valence-electron chi connectivity index (χ0n) is 12.2. The van der Waals surface area contributed by atoms with Crippen molar-refractivity contribution in [3.63, 3.8) is 0 Å². The highest BCUT2D eigenvalue weighted by Crippen LogP contribution is 2.29. The number of likely N-dealkylation sites (N-methyl/N-ethyl adjacent to an activating group) is 1. The first-order chi connectivity index (χ1) is 10.2. The van der Waals surface area contributed by atoms with Crippen LogP contribution in [0.4, 0.5) is 4.39 Å². The summed E-state index contributed by atoms with van der Waals surface area (Å²) in [7, 11) is 0. The number of nitrogens with one attached hydrogen (secondary N) is 1. The molecule has 0 saturated heterocycles. The Labute approximate surface area is 138 Å². The third kappa shape index (κ3) is 4.31. The molecule has 0 aliphatic carbocycles. The molecule has 0 bridgehead atoms. The van der Waals surface area contributed by atoms with Gasteiger partial charge in [-0.05, 0) is 48.5 Å². The highest BCUT2D eigenvalue weighted by Gasteiger charge is 2.16. The van der Waals surface area contributed by atoms with E-state index in [2.05, 4.69) is 46.6 Å². The molecule has 1 N–H and O–H groups in total. The summed E-state index contributed by atoms with van der Waals surface area (Å²) in [6, 6.07) is 13.7. The van der Waals surface area contributed by atoms with Gasteiger partial charge in [0.15, 0.2) is 0 Å². The van der Waals surface area contributed by atoms with Gasteiger partial charge in [0.2, 0.25) is 0 Å². The number of halogens is 2. The van der Waals surface area contributed by atoms with E-state index in [9.17, 15) is 4.39 Å². The van der Waals surface area contributed by atoms with Crippen molar-refractivity contribution in [2.75, 3.05) is 12.8 Å². The molecule has 0 fully saturated rings. The Morgan fingerprint density at radius 2 is 2.00 bits per heavy atom. The molecule has 0 aliphatic rings. The molecule has 1 nitrogen and oxygen atoms in total. The lowest BCUT2D eigenvalue weighted by molar-refractivity contribution is 0.522. The summed E-state index contributed by atoms with van der Waals surface area (Å²) in [6.45, 7) is 2.93. The Morgan fingerprint density at radius 1 is 1.24 bits per heavy atom. The highest BCUT2D eigenvalue weighted by molar-refractivity contribution is 9.10. The zero-order chi connectivity index (χ0) is 15.2. The fourth-order valence-corrected chi connectivity index (χ4v) is 3.39. The molecule has 0 aromatic heterocycles. The summed E-state index contributed by atoms with van der Waals surface area (Å²) in [4.78, 5) is 1.24. The van der Waals surface area contributed by atoms with Crippen LogP contribution in [-0.4, -0.2) is 12.8 Å². The standard InChI is InChI=1S/C17H19BrFNS/c1-3-20-16(14-6-4-5-7-17(14)21-2)10-12-8-9-13(18)11-15(12)19/h4-9,11,16,20H,3,10H2,1-2H3. The Morgan fingerprint density at radius 3 is 2.67 bits per heavy atom. The molecule has 0 spiro atoms. The second-order valence-corrected chi connectivity index (χ2v) is 6.56. The molecule has 0 aliphatic heterocycles. The third-order valence-electron chi connectivity index (χ3n) is 3.40. The number of hydrogen-bond donors (Lipinski definition) is 1. The lowest BCUT2D eigenvalue weighted by atomic mass is 9.98. The first-order valence-corrected chi connectivity index (χ1v) is 8.97. The highest BCUT2D eigenvalue weighted by atomic mass is 79.9. The molecule has 2 rings (SSSR count).